The summed E-state index contributed by atoms with van der Waals surface area (Å²) in [5.74, 6) is -0.326. The average Bonchev–Trinajstić information content (AvgIpc) is 3.23. The third-order valence-electron chi connectivity index (χ3n) is 3.99. The highest BCUT2D eigenvalue weighted by molar-refractivity contribution is 7.09. The Morgan fingerprint density at radius 2 is 2.38 bits per heavy atom. The van der Waals surface area contributed by atoms with Gasteiger partial charge in [-0.05, 0) is 19.4 Å². The topological polar surface area (TPSA) is 86.1 Å². The number of carbonyl (C=O) groups is 2. The van der Waals surface area contributed by atoms with Gasteiger partial charge in [0.05, 0.1) is 11.6 Å². The van der Waals surface area contributed by atoms with E-state index in [-0.39, 0.29) is 11.8 Å². The van der Waals surface area contributed by atoms with Crippen LogP contribution >= 0.6 is 11.3 Å². The molecule has 0 aliphatic carbocycles. The summed E-state index contributed by atoms with van der Waals surface area (Å²) in [6, 6.07) is 1.96. The number of hydrogen-bond donors (Lipinski definition) is 1. The van der Waals surface area contributed by atoms with E-state index in [1.165, 1.54) is 11.3 Å². The lowest BCUT2D eigenvalue weighted by molar-refractivity contribution is -0.125. The Morgan fingerprint density at radius 1 is 1.50 bits per heavy atom. The van der Waals surface area contributed by atoms with Crippen LogP contribution in [0.2, 0.25) is 0 Å². The third-order valence-corrected chi connectivity index (χ3v) is 4.90. The lowest BCUT2D eigenvalue weighted by atomic mass is 9.95. The molecule has 1 aliphatic rings. The Morgan fingerprint density at radius 3 is 3.21 bits per heavy atom. The van der Waals surface area contributed by atoms with Gasteiger partial charge in [0.15, 0.2) is 5.69 Å². The molecule has 0 spiro atoms. The van der Waals surface area contributed by atoms with Crippen LogP contribution < -0.4 is 5.32 Å². The highest BCUT2D eigenvalue weighted by atomic mass is 32.1. The Kier molecular flexibility index (Phi) is 5.24. The molecule has 1 amide bonds. The van der Waals surface area contributed by atoms with Crippen LogP contribution in [-0.4, -0.2) is 39.8 Å². The van der Waals surface area contributed by atoms with Gasteiger partial charge < -0.3 is 10.1 Å². The maximum Gasteiger partial charge on any atom is 0.357 e. The summed E-state index contributed by atoms with van der Waals surface area (Å²) in [5.41, 5.74) is 1.45. The van der Waals surface area contributed by atoms with E-state index in [1.807, 2.05) is 10.7 Å². The molecule has 0 fully saturated rings. The zero-order valence-corrected chi connectivity index (χ0v) is 14.3. The van der Waals surface area contributed by atoms with Crippen molar-refractivity contribution in [3.05, 3.63) is 34.0 Å². The van der Waals surface area contributed by atoms with Crippen LogP contribution in [-0.2, 0) is 28.9 Å². The van der Waals surface area contributed by atoms with Gasteiger partial charge in [-0.3, -0.25) is 9.48 Å². The van der Waals surface area contributed by atoms with Crippen molar-refractivity contribution in [1.29, 1.82) is 0 Å². The minimum absolute atomic E-state index is 0.000544. The number of nitrogens with one attached hydrogen (secondary N) is 1. The van der Waals surface area contributed by atoms with Gasteiger partial charge in [-0.25, -0.2) is 9.78 Å². The number of esters is 1. The standard InChI is InChI=1S/C16H20N4O3S/c1-2-23-16(22)13-10-24-14(19-13)4-6-17-15(21)11-5-8-20-12(9-11)3-7-18-20/h3,7,10-11H,2,4-6,8-9H2,1H3,(H,17,21). The maximum absolute atomic E-state index is 12.3. The molecule has 1 unspecified atom stereocenters. The summed E-state index contributed by atoms with van der Waals surface area (Å²) in [4.78, 5) is 28.1. The molecule has 7 nitrogen and oxygen atoms in total. The van der Waals surface area contributed by atoms with Gasteiger partial charge in [-0.1, -0.05) is 0 Å². The Balaban J connectivity index is 1.45. The largest absolute Gasteiger partial charge is 0.461 e. The minimum Gasteiger partial charge on any atom is -0.461 e. The summed E-state index contributed by atoms with van der Waals surface area (Å²) >= 11 is 1.41. The number of carbonyl (C=O) groups excluding carboxylic acids is 2. The number of ether oxygens (including phenoxy) is 1. The summed E-state index contributed by atoms with van der Waals surface area (Å²) in [5, 5.41) is 9.70. The first-order valence-corrected chi connectivity index (χ1v) is 8.95. The van der Waals surface area contributed by atoms with Crippen molar-refractivity contribution in [2.75, 3.05) is 13.2 Å². The summed E-state index contributed by atoms with van der Waals surface area (Å²) in [6.07, 6.45) is 3.93. The zero-order chi connectivity index (χ0) is 16.9. The van der Waals surface area contributed by atoms with Crippen LogP contribution in [0.1, 0.15) is 34.5 Å². The monoisotopic (exact) mass is 348 g/mol. The fourth-order valence-electron chi connectivity index (χ4n) is 2.75. The number of nitrogens with zero attached hydrogens (tertiary/aromatic N) is 3. The molecule has 128 valence electrons. The van der Waals surface area contributed by atoms with E-state index in [2.05, 4.69) is 15.4 Å². The van der Waals surface area contributed by atoms with Gasteiger partial charge in [0.25, 0.3) is 0 Å². The van der Waals surface area contributed by atoms with Crippen molar-refractivity contribution in [2.45, 2.75) is 32.7 Å². The molecular formula is C16H20N4O3S. The van der Waals surface area contributed by atoms with Crippen LogP contribution in [0.25, 0.3) is 0 Å². The lowest BCUT2D eigenvalue weighted by Gasteiger charge is -2.22. The number of aromatic nitrogens is 3. The molecule has 0 saturated heterocycles. The van der Waals surface area contributed by atoms with E-state index in [9.17, 15) is 9.59 Å². The number of rotatable bonds is 6. The second-order valence-corrected chi connectivity index (χ2v) is 6.57. The molecule has 24 heavy (non-hydrogen) atoms. The first-order valence-electron chi connectivity index (χ1n) is 8.07. The molecule has 8 heteroatoms. The van der Waals surface area contributed by atoms with Crippen LogP contribution in [0.15, 0.2) is 17.6 Å². The number of amides is 1. The quantitative estimate of drug-likeness (QED) is 0.798. The van der Waals surface area contributed by atoms with Crippen LogP contribution in [0.3, 0.4) is 0 Å². The molecule has 1 atom stereocenters. The van der Waals surface area contributed by atoms with Gasteiger partial charge in [0.2, 0.25) is 5.91 Å². The van der Waals surface area contributed by atoms with Crippen LogP contribution in [0.4, 0.5) is 0 Å². The molecule has 0 aromatic carbocycles. The molecule has 0 radical (unpaired) electrons. The summed E-state index contributed by atoms with van der Waals surface area (Å²) in [6.45, 7) is 3.40. The molecule has 2 aromatic heterocycles. The van der Waals surface area contributed by atoms with Crippen LogP contribution in [0.5, 0.6) is 0 Å². The Bertz CT molecular complexity index is 724. The second kappa shape index (κ2) is 7.57. The lowest BCUT2D eigenvalue weighted by Crippen LogP contribution is -2.36. The van der Waals surface area contributed by atoms with E-state index in [1.54, 1.807) is 18.5 Å². The molecule has 1 aliphatic heterocycles. The fraction of sp³-hybridized carbons (Fsp3) is 0.500. The predicted molar refractivity (Wildman–Crippen MR) is 88.8 cm³/mol. The fourth-order valence-corrected chi connectivity index (χ4v) is 3.52. The first-order chi connectivity index (χ1) is 11.7. The second-order valence-electron chi connectivity index (χ2n) is 5.62. The number of hydrogen-bond acceptors (Lipinski definition) is 6. The SMILES string of the molecule is CCOC(=O)c1csc(CCNC(=O)C2CCn3nccc3C2)n1. The average molecular weight is 348 g/mol. The van der Waals surface area contributed by atoms with Crippen molar-refractivity contribution in [1.82, 2.24) is 20.1 Å². The Labute approximate surface area is 144 Å². The number of fused-ring (bicyclic) bond motifs is 1. The van der Waals surface area contributed by atoms with E-state index in [0.29, 0.717) is 25.3 Å². The smallest absolute Gasteiger partial charge is 0.357 e. The third kappa shape index (κ3) is 3.81. The summed E-state index contributed by atoms with van der Waals surface area (Å²) in [7, 11) is 0. The van der Waals surface area contributed by atoms with Crippen molar-refractivity contribution >= 4 is 23.2 Å². The summed E-state index contributed by atoms with van der Waals surface area (Å²) < 4.78 is 6.87. The maximum atomic E-state index is 12.3. The first kappa shape index (κ1) is 16.6. The van der Waals surface area contributed by atoms with Gasteiger partial charge in [0, 0.05) is 49.1 Å². The highest BCUT2D eigenvalue weighted by Crippen LogP contribution is 2.19. The van der Waals surface area contributed by atoms with E-state index < -0.39 is 5.97 Å². The van der Waals surface area contributed by atoms with E-state index >= 15 is 0 Å². The Hall–Kier alpha value is -2.22. The molecule has 1 N–H and O–H groups in total. The van der Waals surface area contributed by atoms with Gasteiger partial charge in [-0.15, -0.1) is 11.3 Å². The van der Waals surface area contributed by atoms with Crippen molar-refractivity contribution in [3.8, 4) is 0 Å². The number of thiazole rings is 1. The van der Waals surface area contributed by atoms with Gasteiger partial charge in [-0.2, -0.15) is 5.10 Å². The van der Waals surface area contributed by atoms with Crippen molar-refractivity contribution < 1.29 is 14.3 Å². The van der Waals surface area contributed by atoms with E-state index in [0.717, 1.165) is 30.1 Å². The molecule has 3 rings (SSSR count). The molecule has 0 bridgehead atoms. The normalized spacial score (nSPS) is 16.5. The predicted octanol–water partition coefficient (Wildman–Crippen LogP) is 1.44. The molecular weight excluding hydrogens is 328 g/mol. The molecule has 2 aromatic rings. The highest BCUT2D eigenvalue weighted by Gasteiger charge is 2.24. The van der Waals surface area contributed by atoms with Crippen molar-refractivity contribution in [2.24, 2.45) is 5.92 Å². The minimum atomic E-state index is -0.400. The van der Waals surface area contributed by atoms with Gasteiger partial charge in [0.1, 0.15) is 0 Å². The molecule has 3 heterocycles. The molecule has 0 saturated carbocycles. The van der Waals surface area contributed by atoms with Crippen molar-refractivity contribution in [3.63, 3.8) is 0 Å². The zero-order valence-electron chi connectivity index (χ0n) is 13.5. The van der Waals surface area contributed by atoms with Crippen LogP contribution in [0, 0.1) is 5.92 Å². The van der Waals surface area contributed by atoms with Gasteiger partial charge >= 0.3 is 5.97 Å². The number of aryl methyl sites for hydroxylation is 1. The van der Waals surface area contributed by atoms with E-state index in [4.69, 9.17) is 4.74 Å².